The molecular weight excluding hydrogens is 531 g/mol. The molecule has 198 valence electrons. The summed E-state index contributed by atoms with van der Waals surface area (Å²) in [7, 11) is -1.23. The average Bonchev–Trinajstić information content (AvgIpc) is 2.94. The summed E-state index contributed by atoms with van der Waals surface area (Å²) in [5, 5.41) is -0.212. The van der Waals surface area contributed by atoms with Gasteiger partial charge in [0.1, 0.15) is 16.7 Å². The van der Waals surface area contributed by atoms with Crippen LogP contribution in [-0.4, -0.2) is 21.8 Å². The molecule has 1 N–H and O–H groups in total. The number of hydrogen-bond acceptors (Lipinski definition) is 4. The van der Waals surface area contributed by atoms with Crippen LogP contribution in [-0.2, 0) is 27.3 Å². The Morgan fingerprint density at radius 3 is 1.89 bits per heavy atom. The van der Waals surface area contributed by atoms with Gasteiger partial charge in [-0.05, 0) is 80.6 Å². The number of hydrogen-bond donors (Lipinski definition) is 1. The van der Waals surface area contributed by atoms with E-state index in [0.717, 1.165) is 37.8 Å². The Hall–Kier alpha value is -2.71. The van der Waals surface area contributed by atoms with Gasteiger partial charge in [-0.2, -0.15) is 11.8 Å². The van der Waals surface area contributed by atoms with Crippen LogP contribution in [0.5, 0.6) is 5.75 Å². The summed E-state index contributed by atoms with van der Waals surface area (Å²) in [6, 6.07) is 31.2. The summed E-state index contributed by atoms with van der Waals surface area (Å²) >= 11 is 1.64. The van der Waals surface area contributed by atoms with Crippen LogP contribution in [0.25, 0.3) is 0 Å². The smallest absolute Gasteiger partial charge is 0.125 e. The van der Waals surface area contributed by atoms with Gasteiger partial charge in [-0.3, -0.25) is 0 Å². The summed E-state index contributed by atoms with van der Waals surface area (Å²) in [4.78, 5) is 2.20. The molecule has 0 aliphatic heterocycles. The molecule has 4 aromatic carbocycles. The molecular formula is C31H33NO3S3. The van der Waals surface area contributed by atoms with E-state index in [0.29, 0.717) is 4.90 Å². The zero-order chi connectivity index (χ0) is 27.3. The summed E-state index contributed by atoms with van der Waals surface area (Å²) < 4.78 is 36.4. The van der Waals surface area contributed by atoms with Crippen LogP contribution in [0.2, 0.25) is 0 Å². The molecule has 0 saturated heterocycles. The molecule has 0 aliphatic carbocycles. The molecule has 2 unspecified atom stereocenters. The molecule has 4 atom stereocenters. The molecule has 0 aliphatic rings. The molecule has 4 rings (SSSR count). The molecule has 7 heteroatoms. The lowest BCUT2D eigenvalue weighted by Gasteiger charge is -2.39. The van der Waals surface area contributed by atoms with E-state index in [4.69, 9.17) is 4.74 Å². The van der Waals surface area contributed by atoms with Gasteiger partial charge in [-0.15, -0.1) is 0 Å². The highest BCUT2D eigenvalue weighted by atomic mass is 32.2. The molecule has 0 saturated carbocycles. The summed E-state index contributed by atoms with van der Waals surface area (Å²) in [5.41, 5.74) is 3.34. The van der Waals surface area contributed by atoms with E-state index < -0.39 is 27.3 Å². The lowest BCUT2D eigenvalue weighted by molar-refractivity contribution is 0.410. The summed E-state index contributed by atoms with van der Waals surface area (Å²) in [6.45, 7) is 6.09. The fourth-order valence-electron chi connectivity index (χ4n) is 4.44. The molecule has 0 fully saturated rings. The molecule has 0 bridgehead atoms. The van der Waals surface area contributed by atoms with Crippen LogP contribution >= 0.6 is 11.8 Å². The highest BCUT2D eigenvalue weighted by Crippen LogP contribution is 2.46. The second-order valence-electron chi connectivity index (χ2n) is 9.35. The van der Waals surface area contributed by atoms with Crippen LogP contribution < -0.4 is 9.46 Å². The SMILES string of the molecule is COc1ccc([C@@](C)(NS(=O)c2ccc(C)cc2)[C@@H](SC)c2ccccc2S(=O)c2ccc(C)cc2)cc1. The first-order chi connectivity index (χ1) is 18.3. The van der Waals surface area contributed by atoms with Gasteiger partial charge in [-0.25, -0.2) is 13.1 Å². The van der Waals surface area contributed by atoms with Crippen molar-refractivity contribution in [1.29, 1.82) is 0 Å². The Labute approximate surface area is 235 Å². The minimum atomic E-state index is -1.49. The van der Waals surface area contributed by atoms with Crippen LogP contribution in [0.3, 0.4) is 0 Å². The molecule has 0 amide bonds. The molecule has 4 aromatic rings. The lowest BCUT2D eigenvalue weighted by atomic mass is 9.86. The Balaban J connectivity index is 1.82. The van der Waals surface area contributed by atoms with E-state index in [1.165, 1.54) is 0 Å². The lowest BCUT2D eigenvalue weighted by Crippen LogP contribution is -2.45. The number of aryl methyl sites for hydroxylation is 2. The Kier molecular flexibility index (Phi) is 9.26. The zero-order valence-corrected chi connectivity index (χ0v) is 24.7. The standard InChI is InChI=1S/C31H33NO3S3/c1-22-10-18-26(19-11-22)37(33)29-9-7-6-8-28(29)30(36-5)31(3,24-14-16-25(35-4)17-15-24)32-38(34)27-20-12-23(2)13-21-27/h6-21,30,32H,1-5H3/t30-,31+,37?,38?/m0/s1. The third kappa shape index (κ3) is 6.12. The van der Waals surface area contributed by atoms with Gasteiger partial charge in [0.15, 0.2) is 0 Å². The van der Waals surface area contributed by atoms with E-state index in [-0.39, 0.29) is 5.25 Å². The Morgan fingerprint density at radius 2 is 1.34 bits per heavy atom. The van der Waals surface area contributed by atoms with Crippen LogP contribution in [0.1, 0.15) is 34.4 Å². The predicted molar refractivity (Wildman–Crippen MR) is 160 cm³/mol. The normalized spacial score (nSPS) is 15.3. The number of benzene rings is 4. The van der Waals surface area contributed by atoms with Crippen molar-refractivity contribution in [1.82, 2.24) is 4.72 Å². The van der Waals surface area contributed by atoms with Gasteiger partial charge < -0.3 is 4.74 Å². The first-order valence-electron chi connectivity index (χ1n) is 12.3. The van der Waals surface area contributed by atoms with Crippen molar-refractivity contribution in [2.75, 3.05) is 13.4 Å². The second-order valence-corrected chi connectivity index (χ2v) is 13.0. The maximum Gasteiger partial charge on any atom is 0.125 e. The van der Waals surface area contributed by atoms with Gasteiger partial charge >= 0.3 is 0 Å². The van der Waals surface area contributed by atoms with Crippen molar-refractivity contribution in [2.24, 2.45) is 0 Å². The Bertz CT molecular complexity index is 1420. The van der Waals surface area contributed by atoms with Gasteiger partial charge in [0, 0.05) is 9.79 Å². The van der Waals surface area contributed by atoms with E-state index in [9.17, 15) is 8.42 Å². The first kappa shape index (κ1) is 28.3. The minimum absolute atomic E-state index is 0.212. The fraction of sp³-hybridized carbons (Fsp3) is 0.226. The van der Waals surface area contributed by atoms with Crippen molar-refractivity contribution in [3.05, 3.63) is 119 Å². The second kappa shape index (κ2) is 12.4. The highest BCUT2D eigenvalue weighted by Gasteiger charge is 2.40. The number of nitrogens with one attached hydrogen (secondary N) is 1. The van der Waals surface area contributed by atoms with Crippen LogP contribution in [0.4, 0.5) is 0 Å². The molecule has 0 radical (unpaired) electrons. The van der Waals surface area contributed by atoms with Crippen LogP contribution in [0.15, 0.2) is 112 Å². The first-order valence-corrected chi connectivity index (χ1v) is 15.9. The van der Waals surface area contributed by atoms with E-state index >= 15 is 0 Å². The highest BCUT2D eigenvalue weighted by molar-refractivity contribution is 7.99. The summed E-state index contributed by atoms with van der Waals surface area (Å²) in [5.74, 6) is 0.748. The minimum Gasteiger partial charge on any atom is -0.497 e. The van der Waals surface area contributed by atoms with E-state index in [1.54, 1.807) is 18.9 Å². The molecule has 0 heterocycles. The monoisotopic (exact) mass is 563 g/mol. The number of methoxy groups -OCH3 is 1. The predicted octanol–water partition coefficient (Wildman–Crippen LogP) is 7.11. The Morgan fingerprint density at radius 1 is 0.789 bits per heavy atom. The van der Waals surface area contributed by atoms with Crippen molar-refractivity contribution < 1.29 is 13.2 Å². The summed E-state index contributed by atoms with van der Waals surface area (Å²) in [6.07, 6.45) is 2.04. The van der Waals surface area contributed by atoms with Crippen molar-refractivity contribution in [3.8, 4) is 5.75 Å². The topological polar surface area (TPSA) is 55.4 Å². The largest absolute Gasteiger partial charge is 0.497 e. The number of thioether (sulfide) groups is 1. The van der Waals surface area contributed by atoms with Crippen molar-refractivity contribution in [3.63, 3.8) is 0 Å². The van der Waals surface area contributed by atoms with Gasteiger partial charge in [-0.1, -0.05) is 65.7 Å². The average molecular weight is 564 g/mol. The fourth-order valence-corrected chi connectivity index (χ4v) is 8.08. The molecule has 0 spiro atoms. The van der Waals surface area contributed by atoms with Gasteiger partial charge in [0.05, 0.1) is 33.6 Å². The third-order valence-corrected chi connectivity index (χ3v) is 10.6. The quantitative estimate of drug-likeness (QED) is 0.223. The van der Waals surface area contributed by atoms with E-state index in [2.05, 4.69) is 11.6 Å². The van der Waals surface area contributed by atoms with Crippen LogP contribution in [0, 0.1) is 13.8 Å². The van der Waals surface area contributed by atoms with Gasteiger partial charge in [0.25, 0.3) is 0 Å². The maximum absolute atomic E-state index is 13.8. The zero-order valence-electron chi connectivity index (χ0n) is 22.3. The molecule has 0 aromatic heterocycles. The maximum atomic E-state index is 13.8. The number of rotatable bonds is 10. The third-order valence-electron chi connectivity index (χ3n) is 6.63. The van der Waals surface area contributed by atoms with Gasteiger partial charge in [0.2, 0.25) is 0 Å². The molecule has 38 heavy (non-hydrogen) atoms. The molecule has 4 nitrogen and oxygen atoms in total. The van der Waals surface area contributed by atoms with E-state index in [1.807, 2.05) is 117 Å². The number of ether oxygens (including phenoxy) is 1. The van der Waals surface area contributed by atoms with Crippen molar-refractivity contribution >= 4 is 33.5 Å². The van der Waals surface area contributed by atoms with Crippen molar-refractivity contribution in [2.45, 2.75) is 46.2 Å².